The molecule has 0 atom stereocenters. The highest BCUT2D eigenvalue weighted by molar-refractivity contribution is 6.13. The van der Waals surface area contributed by atoms with E-state index in [9.17, 15) is 4.79 Å². The smallest absolute Gasteiger partial charge is 0.220 e. The van der Waals surface area contributed by atoms with Crippen LogP contribution in [0, 0.1) is 0 Å². The Labute approximate surface area is 90.4 Å². The minimum Gasteiger partial charge on any atom is -0.383 e. The van der Waals surface area contributed by atoms with E-state index in [1.54, 1.807) is 7.11 Å². The zero-order valence-corrected chi connectivity index (χ0v) is 9.78. The molecule has 0 aliphatic rings. The lowest BCUT2D eigenvalue weighted by molar-refractivity contribution is -0.121. The van der Waals surface area contributed by atoms with Crippen LogP contribution in [-0.2, 0) is 9.53 Å². The quantitative estimate of drug-likeness (QED) is 0.500. The summed E-state index contributed by atoms with van der Waals surface area (Å²) in [4.78, 5) is 13.9. The van der Waals surface area contributed by atoms with E-state index in [0.717, 1.165) is 0 Å². The number of methoxy groups -OCH3 is 1. The Hall–Kier alpha value is -0.320. The first-order chi connectivity index (χ1) is 6.52. The summed E-state index contributed by atoms with van der Waals surface area (Å²) in [5.41, 5.74) is -0.208. The molecule has 0 fully saturated rings. The average molecular weight is 223 g/mol. The molecule has 0 aromatic rings. The number of hydrogen-bond donors (Lipinski definition) is 2. The van der Waals surface area contributed by atoms with Gasteiger partial charge >= 0.3 is 0 Å². The van der Waals surface area contributed by atoms with Crippen molar-refractivity contribution in [2.45, 2.75) is 32.2 Å². The molecule has 0 heterocycles. The third-order valence-electron chi connectivity index (χ3n) is 1.86. The van der Waals surface area contributed by atoms with Crippen molar-refractivity contribution in [2.24, 2.45) is 0 Å². The van der Waals surface area contributed by atoms with E-state index in [0.29, 0.717) is 26.0 Å². The summed E-state index contributed by atoms with van der Waals surface area (Å²) in [5.74, 6) is 0.0297. The number of halogens is 1. The molecule has 0 saturated heterocycles. The standard InChI is InChI=1S/C9H19ClN2O2/c1-9(2,12-10)5-4-8(13)11-6-7-14-3/h12H,4-7H2,1-3H3,(H,11,13). The Balaban J connectivity index is 3.53. The van der Waals surface area contributed by atoms with Gasteiger partial charge in [-0.2, -0.15) is 0 Å². The molecule has 0 unspecified atom stereocenters. The van der Waals surface area contributed by atoms with E-state index >= 15 is 0 Å². The molecule has 0 aliphatic carbocycles. The zero-order chi connectivity index (χ0) is 11.0. The lowest BCUT2D eigenvalue weighted by Crippen LogP contribution is -2.35. The summed E-state index contributed by atoms with van der Waals surface area (Å²) < 4.78 is 4.81. The first kappa shape index (κ1) is 13.7. The van der Waals surface area contributed by atoms with Crippen LogP contribution in [0.1, 0.15) is 26.7 Å². The maximum Gasteiger partial charge on any atom is 0.220 e. The molecule has 4 nitrogen and oxygen atoms in total. The molecule has 14 heavy (non-hydrogen) atoms. The van der Waals surface area contributed by atoms with Gasteiger partial charge in [-0.3, -0.25) is 4.79 Å². The fourth-order valence-electron chi connectivity index (χ4n) is 0.854. The highest BCUT2D eigenvalue weighted by Crippen LogP contribution is 2.11. The fourth-order valence-corrected chi connectivity index (χ4v) is 0.949. The van der Waals surface area contributed by atoms with Gasteiger partial charge in [-0.05, 0) is 32.0 Å². The van der Waals surface area contributed by atoms with Crippen LogP contribution in [0.5, 0.6) is 0 Å². The first-order valence-corrected chi connectivity index (χ1v) is 5.03. The van der Waals surface area contributed by atoms with Crippen LogP contribution in [0.2, 0.25) is 0 Å². The zero-order valence-electron chi connectivity index (χ0n) is 9.02. The molecule has 0 rings (SSSR count). The average Bonchev–Trinajstić information content (AvgIpc) is 2.16. The minimum atomic E-state index is -0.208. The van der Waals surface area contributed by atoms with E-state index in [4.69, 9.17) is 16.5 Å². The Morgan fingerprint density at radius 2 is 2.14 bits per heavy atom. The van der Waals surface area contributed by atoms with Gasteiger partial charge in [-0.15, -0.1) is 0 Å². The van der Waals surface area contributed by atoms with E-state index in [-0.39, 0.29) is 11.4 Å². The molecule has 0 radical (unpaired) electrons. The van der Waals surface area contributed by atoms with Crippen molar-refractivity contribution in [3.8, 4) is 0 Å². The van der Waals surface area contributed by atoms with Gasteiger partial charge in [0.1, 0.15) is 0 Å². The van der Waals surface area contributed by atoms with Crippen molar-refractivity contribution in [3.63, 3.8) is 0 Å². The van der Waals surface area contributed by atoms with Gasteiger partial charge in [0.05, 0.1) is 6.61 Å². The molecule has 0 aromatic heterocycles. The Kier molecular flexibility index (Phi) is 6.87. The van der Waals surface area contributed by atoms with Crippen LogP contribution in [0.3, 0.4) is 0 Å². The summed E-state index contributed by atoms with van der Waals surface area (Å²) in [6.07, 6.45) is 1.17. The van der Waals surface area contributed by atoms with Crippen molar-refractivity contribution in [1.82, 2.24) is 10.2 Å². The molecule has 2 N–H and O–H groups in total. The maximum atomic E-state index is 11.2. The number of hydrogen-bond acceptors (Lipinski definition) is 3. The van der Waals surface area contributed by atoms with Crippen LogP contribution in [0.4, 0.5) is 0 Å². The van der Waals surface area contributed by atoms with Gasteiger partial charge in [0, 0.05) is 25.6 Å². The lowest BCUT2D eigenvalue weighted by atomic mass is 10.00. The van der Waals surface area contributed by atoms with Crippen LogP contribution >= 0.6 is 11.8 Å². The summed E-state index contributed by atoms with van der Waals surface area (Å²) in [6, 6.07) is 0. The number of carbonyl (C=O) groups excluding carboxylic acids is 1. The van der Waals surface area contributed by atoms with Crippen LogP contribution in [-0.4, -0.2) is 31.7 Å². The van der Waals surface area contributed by atoms with Crippen molar-refractivity contribution in [2.75, 3.05) is 20.3 Å². The molecular weight excluding hydrogens is 204 g/mol. The van der Waals surface area contributed by atoms with Crippen molar-refractivity contribution in [1.29, 1.82) is 0 Å². The molecule has 5 heteroatoms. The fraction of sp³-hybridized carbons (Fsp3) is 0.889. The van der Waals surface area contributed by atoms with Gasteiger partial charge in [0.15, 0.2) is 0 Å². The van der Waals surface area contributed by atoms with Gasteiger partial charge in [0.25, 0.3) is 0 Å². The highest BCUT2D eigenvalue weighted by Gasteiger charge is 2.17. The largest absolute Gasteiger partial charge is 0.383 e. The monoisotopic (exact) mass is 222 g/mol. The Morgan fingerprint density at radius 1 is 1.50 bits per heavy atom. The van der Waals surface area contributed by atoms with Crippen molar-refractivity contribution in [3.05, 3.63) is 0 Å². The predicted octanol–water partition coefficient (Wildman–Crippen LogP) is 1.05. The first-order valence-electron chi connectivity index (χ1n) is 4.65. The minimum absolute atomic E-state index is 0.0297. The van der Waals surface area contributed by atoms with E-state index in [1.807, 2.05) is 13.8 Å². The molecule has 0 aromatic carbocycles. The molecule has 0 spiro atoms. The van der Waals surface area contributed by atoms with Crippen LogP contribution < -0.4 is 10.2 Å². The number of ether oxygens (including phenoxy) is 1. The maximum absolute atomic E-state index is 11.2. The number of carbonyl (C=O) groups is 1. The Morgan fingerprint density at radius 3 is 2.64 bits per heavy atom. The van der Waals surface area contributed by atoms with E-state index in [2.05, 4.69) is 10.2 Å². The topological polar surface area (TPSA) is 50.4 Å². The molecule has 84 valence electrons. The summed E-state index contributed by atoms with van der Waals surface area (Å²) >= 11 is 5.50. The van der Waals surface area contributed by atoms with E-state index < -0.39 is 0 Å². The van der Waals surface area contributed by atoms with E-state index in [1.165, 1.54) is 0 Å². The Bertz CT molecular complexity index is 174. The molecule has 0 saturated carbocycles. The van der Waals surface area contributed by atoms with Gasteiger partial charge < -0.3 is 10.1 Å². The molecule has 1 amide bonds. The highest BCUT2D eigenvalue weighted by atomic mass is 35.5. The second-order valence-electron chi connectivity index (χ2n) is 3.82. The van der Waals surface area contributed by atoms with Crippen molar-refractivity contribution >= 4 is 17.7 Å². The summed E-state index contributed by atoms with van der Waals surface area (Å²) in [7, 11) is 1.60. The van der Waals surface area contributed by atoms with Gasteiger partial charge in [0.2, 0.25) is 5.91 Å². The van der Waals surface area contributed by atoms with Crippen LogP contribution in [0.15, 0.2) is 0 Å². The van der Waals surface area contributed by atoms with Crippen LogP contribution in [0.25, 0.3) is 0 Å². The predicted molar refractivity (Wildman–Crippen MR) is 57.2 cm³/mol. The number of rotatable bonds is 7. The normalized spacial score (nSPS) is 11.4. The second kappa shape index (κ2) is 7.04. The lowest BCUT2D eigenvalue weighted by Gasteiger charge is -2.21. The SMILES string of the molecule is COCCNC(=O)CCC(C)(C)NCl. The number of nitrogens with one attached hydrogen (secondary N) is 2. The van der Waals surface area contributed by atoms with Gasteiger partial charge in [-0.1, -0.05) is 0 Å². The second-order valence-corrected chi connectivity index (χ2v) is 4.01. The molecule has 0 aliphatic heterocycles. The summed E-state index contributed by atoms with van der Waals surface area (Å²) in [5, 5.41) is 2.75. The van der Waals surface area contributed by atoms with Gasteiger partial charge in [-0.25, -0.2) is 4.84 Å². The number of amides is 1. The third kappa shape index (κ3) is 7.12. The summed E-state index contributed by atoms with van der Waals surface area (Å²) in [6.45, 7) is 5.00. The van der Waals surface area contributed by atoms with Crippen molar-refractivity contribution < 1.29 is 9.53 Å². The molecule has 0 bridgehead atoms. The molecular formula is C9H19ClN2O2. The third-order valence-corrected chi connectivity index (χ3v) is 2.37.